The molecule has 2 aliphatic heterocycles. The van der Waals surface area contributed by atoms with Gasteiger partial charge in [0.2, 0.25) is 5.91 Å². The fourth-order valence-electron chi connectivity index (χ4n) is 4.80. The molecule has 0 spiro atoms. The summed E-state index contributed by atoms with van der Waals surface area (Å²) in [5, 5.41) is 3.21. The number of ether oxygens (including phenoxy) is 2. The van der Waals surface area contributed by atoms with Crippen LogP contribution in [0.1, 0.15) is 65.7 Å². The fraction of sp³-hybridized carbons (Fsp3) is 0.905. The molecule has 1 atom stereocenters. The molecule has 1 N–H and O–H groups in total. The highest BCUT2D eigenvalue weighted by Crippen LogP contribution is 2.34. The quantitative estimate of drug-likeness (QED) is 0.792. The molecule has 3 rings (SSSR count). The average molecular weight is 396 g/mol. The van der Waals surface area contributed by atoms with Crippen molar-refractivity contribution in [2.24, 2.45) is 0 Å². The number of likely N-dealkylation sites (tertiary alicyclic amines) is 1. The predicted molar refractivity (Wildman–Crippen MR) is 107 cm³/mol. The molecule has 0 bridgehead atoms. The second-order valence-electron chi connectivity index (χ2n) is 9.43. The van der Waals surface area contributed by atoms with Gasteiger partial charge in [0.05, 0.1) is 13.2 Å². The maximum atomic E-state index is 13.0. The van der Waals surface area contributed by atoms with Crippen molar-refractivity contribution in [3.05, 3.63) is 0 Å². The van der Waals surface area contributed by atoms with Gasteiger partial charge in [0, 0.05) is 31.7 Å². The third-order valence-electron chi connectivity index (χ3n) is 6.24. The van der Waals surface area contributed by atoms with Crippen molar-refractivity contribution >= 4 is 12.0 Å². The van der Waals surface area contributed by atoms with E-state index in [1.807, 2.05) is 20.8 Å². The normalized spacial score (nSPS) is 26.1. The summed E-state index contributed by atoms with van der Waals surface area (Å²) in [6.45, 7) is 10.2. The molecule has 160 valence electrons. The molecule has 28 heavy (non-hydrogen) atoms. The molecular formula is C21H37N3O4. The Morgan fingerprint density at radius 2 is 1.75 bits per heavy atom. The summed E-state index contributed by atoms with van der Waals surface area (Å²) in [6.07, 6.45) is 7.09. The highest BCUT2D eigenvalue weighted by molar-refractivity contribution is 5.86. The SMILES string of the molecule is CC(C)(C)OC(=O)N1CCCC1C(=O)NCC1(N2CCOCC2)CCCCC1. The first-order chi connectivity index (χ1) is 13.3. The van der Waals surface area contributed by atoms with Crippen LogP contribution in [0.3, 0.4) is 0 Å². The maximum absolute atomic E-state index is 13.0. The molecular weight excluding hydrogens is 358 g/mol. The van der Waals surface area contributed by atoms with Gasteiger partial charge in [0.25, 0.3) is 0 Å². The average Bonchev–Trinajstić information content (AvgIpc) is 3.16. The molecule has 1 saturated carbocycles. The van der Waals surface area contributed by atoms with Crippen molar-refractivity contribution < 1.29 is 19.1 Å². The molecule has 1 unspecified atom stereocenters. The molecule has 0 aromatic heterocycles. The largest absolute Gasteiger partial charge is 0.444 e. The van der Waals surface area contributed by atoms with Gasteiger partial charge in [-0.05, 0) is 46.5 Å². The van der Waals surface area contributed by atoms with Gasteiger partial charge in [-0.3, -0.25) is 14.6 Å². The Balaban J connectivity index is 1.61. The Morgan fingerprint density at radius 3 is 2.39 bits per heavy atom. The van der Waals surface area contributed by atoms with E-state index in [2.05, 4.69) is 10.2 Å². The molecule has 2 amide bonds. The highest BCUT2D eigenvalue weighted by Gasteiger charge is 2.41. The summed E-state index contributed by atoms with van der Waals surface area (Å²) in [7, 11) is 0. The van der Waals surface area contributed by atoms with Gasteiger partial charge >= 0.3 is 6.09 Å². The van der Waals surface area contributed by atoms with E-state index < -0.39 is 11.6 Å². The van der Waals surface area contributed by atoms with Crippen LogP contribution in [-0.4, -0.2) is 78.4 Å². The summed E-state index contributed by atoms with van der Waals surface area (Å²) < 4.78 is 11.0. The van der Waals surface area contributed by atoms with Crippen molar-refractivity contribution in [2.45, 2.75) is 82.9 Å². The van der Waals surface area contributed by atoms with Gasteiger partial charge in [-0.25, -0.2) is 4.79 Å². The van der Waals surface area contributed by atoms with E-state index in [0.29, 0.717) is 19.5 Å². The molecule has 3 aliphatic rings. The number of amides is 2. The Hall–Kier alpha value is -1.34. The van der Waals surface area contributed by atoms with Crippen LogP contribution in [0.5, 0.6) is 0 Å². The lowest BCUT2D eigenvalue weighted by Crippen LogP contribution is -2.60. The number of rotatable bonds is 4. The summed E-state index contributed by atoms with van der Waals surface area (Å²) in [4.78, 5) is 29.6. The minimum Gasteiger partial charge on any atom is -0.444 e. The number of hydrogen-bond acceptors (Lipinski definition) is 5. The Bertz CT molecular complexity index is 548. The minimum atomic E-state index is -0.552. The van der Waals surface area contributed by atoms with Gasteiger partial charge in [-0.1, -0.05) is 19.3 Å². The third kappa shape index (κ3) is 5.17. The number of hydrogen-bond donors (Lipinski definition) is 1. The monoisotopic (exact) mass is 395 g/mol. The van der Waals surface area contributed by atoms with Gasteiger partial charge in [0.1, 0.15) is 11.6 Å². The van der Waals surface area contributed by atoms with Crippen molar-refractivity contribution in [2.75, 3.05) is 39.4 Å². The molecule has 3 fully saturated rings. The third-order valence-corrected chi connectivity index (χ3v) is 6.24. The number of carbonyl (C=O) groups is 2. The lowest BCUT2D eigenvalue weighted by Gasteiger charge is -2.48. The van der Waals surface area contributed by atoms with Crippen LogP contribution >= 0.6 is 0 Å². The first kappa shape index (κ1) is 21.4. The van der Waals surface area contributed by atoms with E-state index in [0.717, 1.165) is 45.6 Å². The van der Waals surface area contributed by atoms with Crippen molar-refractivity contribution in [1.29, 1.82) is 0 Å². The fourth-order valence-corrected chi connectivity index (χ4v) is 4.80. The van der Waals surface area contributed by atoms with E-state index in [1.54, 1.807) is 4.90 Å². The number of morpholine rings is 1. The zero-order valence-electron chi connectivity index (χ0n) is 17.8. The molecule has 0 radical (unpaired) electrons. The second-order valence-corrected chi connectivity index (χ2v) is 9.43. The Kier molecular flexibility index (Phi) is 6.86. The molecule has 0 aromatic carbocycles. The summed E-state index contributed by atoms with van der Waals surface area (Å²) in [5.41, 5.74) is -0.518. The van der Waals surface area contributed by atoms with E-state index in [1.165, 1.54) is 19.3 Å². The zero-order chi connectivity index (χ0) is 20.2. The van der Waals surface area contributed by atoms with Crippen molar-refractivity contribution in [3.8, 4) is 0 Å². The van der Waals surface area contributed by atoms with Crippen LogP contribution in [0.2, 0.25) is 0 Å². The first-order valence-electron chi connectivity index (χ1n) is 10.9. The number of carbonyl (C=O) groups excluding carboxylic acids is 2. The first-order valence-corrected chi connectivity index (χ1v) is 10.9. The van der Waals surface area contributed by atoms with Crippen LogP contribution in [0.15, 0.2) is 0 Å². The van der Waals surface area contributed by atoms with Crippen molar-refractivity contribution in [1.82, 2.24) is 15.1 Å². The summed E-state index contributed by atoms with van der Waals surface area (Å²) in [6, 6.07) is -0.417. The van der Waals surface area contributed by atoms with Crippen LogP contribution in [0.25, 0.3) is 0 Å². The van der Waals surface area contributed by atoms with E-state index in [4.69, 9.17) is 9.47 Å². The molecule has 7 heteroatoms. The van der Waals surface area contributed by atoms with Gasteiger partial charge in [0.15, 0.2) is 0 Å². The molecule has 2 saturated heterocycles. The zero-order valence-corrected chi connectivity index (χ0v) is 17.8. The smallest absolute Gasteiger partial charge is 0.410 e. The molecule has 1 aliphatic carbocycles. The van der Waals surface area contributed by atoms with Crippen LogP contribution in [-0.2, 0) is 14.3 Å². The lowest BCUT2D eigenvalue weighted by molar-refractivity contribution is -0.126. The van der Waals surface area contributed by atoms with E-state index >= 15 is 0 Å². The Morgan fingerprint density at radius 1 is 1.07 bits per heavy atom. The minimum absolute atomic E-state index is 0.0348. The van der Waals surface area contributed by atoms with Crippen LogP contribution in [0.4, 0.5) is 4.79 Å². The lowest BCUT2D eigenvalue weighted by atomic mass is 9.79. The standard InChI is InChI=1S/C21H37N3O4/c1-20(2,3)28-19(26)24-11-7-8-17(24)18(25)22-16-21(9-5-4-6-10-21)23-12-14-27-15-13-23/h17H,4-16H2,1-3H3,(H,22,25). The van der Waals surface area contributed by atoms with Crippen LogP contribution < -0.4 is 5.32 Å². The highest BCUT2D eigenvalue weighted by atomic mass is 16.6. The van der Waals surface area contributed by atoms with Gasteiger partial charge < -0.3 is 14.8 Å². The number of nitrogens with zero attached hydrogens (tertiary/aromatic N) is 2. The molecule has 0 aromatic rings. The Labute approximate surface area is 169 Å². The van der Waals surface area contributed by atoms with Gasteiger partial charge in [-0.15, -0.1) is 0 Å². The summed E-state index contributed by atoms with van der Waals surface area (Å²) in [5.74, 6) is -0.0402. The van der Waals surface area contributed by atoms with E-state index in [9.17, 15) is 9.59 Å². The van der Waals surface area contributed by atoms with Crippen LogP contribution in [0, 0.1) is 0 Å². The van der Waals surface area contributed by atoms with Crippen molar-refractivity contribution in [3.63, 3.8) is 0 Å². The molecule has 7 nitrogen and oxygen atoms in total. The topological polar surface area (TPSA) is 71.1 Å². The number of nitrogens with one attached hydrogen (secondary N) is 1. The predicted octanol–water partition coefficient (Wildman–Crippen LogP) is 2.54. The van der Waals surface area contributed by atoms with E-state index in [-0.39, 0.29) is 17.5 Å². The molecule has 2 heterocycles. The summed E-state index contributed by atoms with van der Waals surface area (Å²) >= 11 is 0. The van der Waals surface area contributed by atoms with Gasteiger partial charge in [-0.2, -0.15) is 0 Å². The second kappa shape index (κ2) is 8.99. The maximum Gasteiger partial charge on any atom is 0.410 e.